The second-order valence-corrected chi connectivity index (χ2v) is 9.08. The molecule has 0 unspecified atom stereocenters. The van der Waals surface area contributed by atoms with Crippen molar-refractivity contribution in [3.63, 3.8) is 0 Å². The van der Waals surface area contributed by atoms with E-state index in [0.717, 1.165) is 35.5 Å². The highest BCUT2D eigenvalue weighted by atomic mass is 33.1. The van der Waals surface area contributed by atoms with Crippen molar-refractivity contribution < 1.29 is 9.59 Å². The number of carbonyl (C=O) groups excluding carboxylic acids is 2. The molecule has 0 bridgehead atoms. The zero-order valence-electron chi connectivity index (χ0n) is 16.1. The van der Waals surface area contributed by atoms with E-state index in [0.29, 0.717) is 25.9 Å². The lowest BCUT2D eigenvalue weighted by atomic mass is 10.2. The lowest BCUT2D eigenvalue weighted by molar-refractivity contribution is -0.122. The third kappa shape index (κ3) is 10.4. The second kappa shape index (κ2) is 14.1. The topological polar surface area (TPSA) is 58.2 Å². The van der Waals surface area contributed by atoms with Gasteiger partial charge in [0.2, 0.25) is 11.8 Å². The van der Waals surface area contributed by atoms with E-state index in [9.17, 15) is 9.59 Å². The van der Waals surface area contributed by atoms with Crippen LogP contribution in [0.15, 0.2) is 60.7 Å². The Morgan fingerprint density at radius 2 is 1.04 bits per heavy atom. The molecule has 0 saturated carbocycles. The molecule has 6 heteroatoms. The number of hydrogen-bond acceptors (Lipinski definition) is 4. The lowest BCUT2D eigenvalue weighted by Gasteiger charge is -2.06. The molecule has 0 atom stereocenters. The quantitative estimate of drug-likeness (QED) is 0.371. The Labute approximate surface area is 175 Å². The van der Waals surface area contributed by atoms with Crippen LogP contribution in [0.3, 0.4) is 0 Å². The zero-order valence-corrected chi connectivity index (χ0v) is 17.7. The molecular weight excluding hydrogens is 388 g/mol. The van der Waals surface area contributed by atoms with Gasteiger partial charge in [-0.2, -0.15) is 0 Å². The van der Waals surface area contributed by atoms with Gasteiger partial charge in [0, 0.05) is 37.4 Å². The Morgan fingerprint density at radius 3 is 1.43 bits per heavy atom. The van der Waals surface area contributed by atoms with Crippen molar-refractivity contribution >= 4 is 33.4 Å². The molecule has 4 nitrogen and oxygen atoms in total. The molecule has 0 spiro atoms. The summed E-state index contributed by atoms with van der Waals surface area (Å²) in [7, 11) is 3.55. The van der Waals surface area contributed by atoms with Gasteiger partial charge in [-0.25, -0.2) is 0 Å². The molecule has 0 aliphatic rings. The highest BCUT2D eigenvalue weighted by Crippen LogP contribution is 2.23. The van der Waals surface area contributed by atoms with E-state index in [4.69, 9.17) is 0 Å². The Bertz CT molecular complexity index is 635. The fourth-order valence-electron chi connectivity index (χ4n) is 2.47. The van der Waals surface area contributed by atoms with Crippen LogP contribution in [0.1, 0.15) is 36.8 Å². The molecule has 2 N–H and O–H groups in total. The number of hydrogen-bond donors (Lipinski definition) is 2. The fourth-order valence-corrected chi connectivity index (χ4v) is 4.65. The molecule has 0 heterocycles. The average Bonchev–Trinajstić information content (AvgIpc) is 2.74. The van der Waals surface area contributed by atoms with Crippen LogP contribution in [0.4, 0.5) is 0 Å². The first kappa shape index (κ1) is 22.4. The highest BCUT2D eigenvalue weighted by Gasteiger charge is 2.03. The standard InChI is InChI=1S/C22H28N2O2S2/c25-21(23-17-19-9-3-1-4-10-19)13-7-15-27-28-16-8-14-22(26)24-18-20-11-5-2-6-12-20/h1-6,9-12H,7-8,13-18H2,(H,23,25)(H,24,26). The Kier molecular flexibility index (Phi) is 11.3. The van der Waals surface area contributed by atoms with E-state index in [1.165, 1.54) is 0 Å². The highest BCUT2D eigenvalue weighted by molar-refractivity contribution is 8.76. The van der Waals surface area contributed by atoms with Crippen molar-refractivity contribution in [3.8, 4) is 0 Å². The minimum atomic E-state index is 0.101. The van der Waals surface area contributed by atoms with Crippen LogP contribution in [-0.2, 0) is 22.7 Å². The Hall–Kier alpha value is -1.92. The molecule has 0 saturated heterocycles. The maximum atomic E-state index is 11.8. The Morgan fingerprint density at radius 1 is 0.643 bits per heavy atom. The van der Waals surface area contributed by atoms with E-state index in [2.05, 4.69) is 10.6 Å². The molecule has 150 valence electrons. The van der Waals surface area contributed by atoms with Gasteiger partial charge in [0.25, 0.3) is 0 Å². The average molecular weight is 417 g/mol. The predicted molar refractivity (Wildman–Crippen MR) is 120 cm³/mol. The van der Waals surface area contributed by atoms with Gasteiger partial charge in [-0.15, -0.1) is 0 Å². The number of amides is 2. The Balaban J connectivity index is 1.39. The molecule has 2 aromatic carbocycles. The molecule has 28 heavy (non-hydrogen) atoms. The van der Waals surface area contributed by atoms with Crippen LogP contribution < -0.4 is 10.6 Å². The molecule has 2 aromatic rings. The summed E-state index contributed by atoms with van der Waals surface area (Å²) >= 11 is 0. The molecule has 2 rings (SSSR count). The number of nitrogens with one attached hydrogen (secondary N) is 2. The van der Waals surface area contributed by atoms with Gasteiger partial charge in [0.05, 0.1) is 0 Å². The van der Waals surface area contributed by atoms with E-state index in [-0.39, 0.29) is 11.8 Å². The van der Waals surface area contributed by atoms with Gasteiger partial charge in [-0.3, -0.25) is 9.59 Å². The molecule has 0 aliphatic carbocycles. The normalized spacial score (nSPS) is 10.4. The minimum absolute atomic E-state index is 0.101. The van der Waals surface area contributed by atoms with Crippen LogP contribution in [0.2, 0.25) is 0 Å². The molecular formula is C22H28N2O2S2. The number of benzene rings is 2. The zero-order chi connectivity index (χ0) is 19.9. The molecule has 0 fully saturated rings. The number of rotatable bonds is 13. The minimum Gasteiger partial charge on any atom is -0.352 e. The van der Waals surface area contributed by atoms with Crippen molar-refractivity contribution in [3.05, 3.63) is 71.8 Å². The largest absolute Gasteiger partial charge is 0.352 e. The fraction of sp³-hybridized carbons (Fsp3) is 0.364. The summed E-state index contributed by atoms with van der Waals surface area (Å²) < 4.78 is 0. The van der Waals surface area contributed by atoms with E-state index in [1.54, 1.807) is 21.6 Å². The number of carbonyl (C=O) groups is 2. The summed E-state index contributed by atoms with van der Waals surface area (Å²) in [4.78, 5) is 23.6. The van der Waals surface area contributed by atoms with Gasteiger partial charge in [0.15, 0.2) is 0 Å². The van der Waals surface area contributed by atoms with E-state index < -0.39 is 0 Å². The first-order chi connectivity index (χ1) is 13.7. The van der Waals surface area contributed by atoms with Crippen LogP contribution in [0.5, 0.6) is 0 Å². The smallest absolute Gasteiger partial charge is 0.220 e. The monoisotopic (exact) mass is 416 g/mol. The molecule has 0 aromatic heterocycles. The SMILES string of the molecule is O=C(CCCSSCCCC(=O)NCc1ccccc1)NCc1ccccc1. The summed E-state index contributed by atoms with van der Waals surface area (Å²) in [6, 6.07) is 19.9. The first-order valence-corrected chi connectivity index (χ1v) is 12.1. The van der Waals surface area contributed by atoms with Gasteiger partial charge in [-0.05, 0) is 24.0 Å². The van der Waals surface area contributed by atoms with E-state index in [1.807, 2.05) is 60.7 Å². The van der Waals surface area contributed by atoms with Crippen molar-refractivity contribution in [2.45, 2.75) is 38.8 Å². The molecule has 0 radical (unpaired) electrons. The van der Waals surface area contributed by atoms with Gasteiger partial charge >= 0.3 is 0 Å². The first-order valence-electron chi connectivity index (χ1n) is 9.59. The lowest BCUT2D eigenvalue weighted by Crippen LogP contribution is -2.22. The maximum Gasteiger partial charge on any atom is 0.220 e. The van der Waals surface area contributed by atoms with Crippen LogP contribution >= 0.6 is 21.6 Å². The molecule has 2 amide bonds. The maximum absolute atomic E-state index is 11.8. The van der Waals surface area contributed by atoms with Crippen molar-refractivity contribution in [1.82, 2.24) is 10.6 Å². The van der Waals surface area contributed by atoms with Gasteiger partial charge < -0.3 is 10.6 Å². The summed E-state index contributed by atoms with van der Waals surface area (Å²) in [5.74, 6) is 2.10. The third-order valence-corrected chi connectivity index (χ3v) is 6.59. The van der Waals surface area contributed by atoms with Crippen molar-refractivity contribution in [2.75, 3.05) is 11.5 Å². The van der Waals surface area contributed by atoms with Crippen LogP contribution in [0, 0.1) is 0 Å². The summed E-state index contributed by atoms with van der Waals surface area (Å²) in [5.41, 5.74) is 2.24. The predicted octanol–water partition coefficient (Wildman–Crippen LogP) is 4.56. The van der Waals surface area contributed by atoms with Crippen molar-refractivity contribution in [2.24, 2.45) is 0 Å². The van der Waals surface area contributed by atoms with Gasteiger partial charge in [-0.1, -0.05) is 82.3 Å². The van der Waals surface area contributed by atoms with Crippen molar-refractivity contribution in [1.29, 1.82) is 0 Å². The summed E-state index contributed by atoms with van der Waals surface area (Å²) in [5, 5.41) is 5.89. The summed E-state index contributed by atoms with van der Waals surface area (Å²) in [6.45, 7) is 1.18. The second-order valence-electron chi connectivity index (χ2n) is 6.38. The van der Waals surface area contributed by atoms with Gasteiger partial charge in [0.1, 0.15) is 0 Å². The van der Waals surface area contributed by atoms with Crippen LogP contribution in [0.25, 0.3) is 0 Å². The van der Waals surface area contributed by atoms with E-state index >= 15 is 0 Å². The third-order valence-electron chi connectivity index (χ3n) is 4.01. The molecule has 0 aliphatic heterocycles. The van der Waals surface area contributed by atoms with Crippen LogP contribution in [-0.4, -0.2) is 23.3 Å². The summed E-state index contributed by atoms with van der Waals surface area (Å²) in [6.07, 6.45) is 2.86.